The van der Waals surface area contributed by atoms with Crippen molar-refractivity contribution in [2.45, 2.75) is 19.4 Å². The Morgan fingerprint density at radius 1 is 1.32 bits per heavy atom. The van der Waals surface area contributed by atoms with Crippen molar-refractivity contribution in [2.75, 3.05) is 6.61 Å². The SMILES string of the molecule is CCCOc1ccc(C(=O)C(N)c2cccs2)cc1. The van der Waals surface area contributed by atoms with Crippen molar-refractivity contribution in [3.05, 3.63) is 52.2 Å². The first kappa shape index (κ1) is 13.8. The third-order valence-electron chi connectivity index (χ3n) is 2.74. The number of ether oxygens (including phenoxy) is 1. The first-order valence-electron chi connectivity index (χ1n) is 6.28. The van der Waals surface area contributed by atoms with E-state index in [4.69, 9.17) is 10.5 Å². The smallest absolute Gasteiger partial charge is 0.184 e. The van der Waals surface area contributed by atoms with E-state index in [1.54, 1.807) is 12.1 Å². The largest absolute Gasteiger partial charge is 0.494 e. The summed E-state index contributed by atoms with van der Waals surface area (Å²) in [4.78, 5) is 13.1. The van der Waals surface area contributed by atoms with Crippen molar-refractivity contribution >= 4 is 17.1 Å². The van der Waals surface area contributed by atoms with Crippen LogP contribution in [0.3, 0.4) is 0 Å². The molecule has 1 aromatic carbocycles. The van der Waals surface area contributed by atoms with E-state index in [1.807, 2.05) is 29.6 Å². The fraction of sp³-hybridized carbons (Fsp3) is 0.267. The molecular weight excluding hydrogens is 258 g/mol. The van der Waals surface area contributed by atoms with Gasteiger partial charge in [0.1, 0.15) is 11.8 Å². The van der Waals surface area contributed by atoms with Crippen molar-refractivity contribution in [3.63, 3.8) is 0 Å². The molecule has 100 valence electrons. The van der Waals surface area contributed by atoms with Gasteiger partial charge in [0, 0.05) is 10.4 Å². The molecule has 0 bridgehead atoms. The minimum Gasteiger partial charge on any atom is -0.494 e. The molecule has 1 atom stereocenters. The van der Waals surface area contributed by atoms with Gasteiger partial charge in [-0.3, -0.25) is 4.79 Å². The second-order valence-electron chi connectivity index (χ2n) is 4.23. The molecule has 0 spiro atoms. The molecule has 0 aliphatic rings. The molecule has 2 N–H and O–H groups in total. The summed E-state index contributed by atoms with van der Waals surface area (Å²) < 4.78 is 5.48. The predicted molar refractivity (Wildman–Crippen MR) is 77.8 cm³/mol. The number of hydrogen-bond donors (Lipinski definition) is 1. The Morgan fingerprint density at radius 2 is 2.05 bits per heavy atom. The van der Waals surface area contributed by atoms with Gasteiger partial charge in [-0.1, -0.05) is 13.0 Å². The molecule has 2 rings (SSSR count). The zero-order chi connectivity index (χ0) is 13.7. The molecule has 19 heavy (non-hydrogen) atoms. The fourth-order valence-corrected chi connectivity index (χ4v) is 2.44. The summed E-state index contributed by atoms with van der Waals surface area (Å²) in [6.07, 6.45) is 0.962. The number of benzene rings is 1. The molecule has 0 radical (unpaired) electrons. The van der Waals surface area contributed by atoms with Crippen LogP contribution < -0.4 is 10.5 Å². The van der Waals surface area contributed by atoms with Crippen molar-refractivity contribution in [1.29, 1.82) is 0 Å². The zero-order valence-electron chi connectivity index (χ0n) is 10.8. The lowest BCUT2D eigenvalue weighted by Crippen LogP contribution is -2.20. The van der Waals surface area contributed by atoms with E-state index in [0.29, 0.717) is 12.2 Å². The molecule has 0 saturated carbocycles. The zero-order valence-corrected chi connectivity index (χ0v) is 11.7. The van der Waals surface area contributed by atoms with Crippen LogP contribution >= 0.6 is 11.3 Å². The highest BCUT2D eigenvalue weighted by Crippen LogP contribution is 2.22. The molecule has 0 aliphatic heterocycles. The van der Waals surface area contributed by atoms with Gasteiger partial charge in [0.15, 0.2) is 5.78 Å². The van der Waals surface area contributed by atoms with E-state index in [9.17, 15) is 4.79 Å². The topological polar surface area (TPSA) is 52.3 Å². The van der Waals surface area contributed by atoms with E-state index in [0.717, 1.165) is 17.0 Å². The minimum atomic E-state index is -0.581. The summed E-state index contributed by atoms with van der Waals surface area (Å²) in [7, 11) is 0. The predicted octanol–water partition coefficient (Wildman–Crippen LogP) is 3.42. The first-order valence-corrected chi connectivity index (χ1v) is 7.16. The molecule has 4 heteroatoms. The van der Waals surface area contributed by atoms with Crippen LogP contribution in [0.1, 0.15) is 34.6 Å². The molecule has 0 saturated heterocycles. The van der Waals surface area contributed by atoms with E-state index >= 15 is 0 Å². The molecule has 1 heterocycles. The highest BCUT2D eigenvalue weighted by atomic mass is 32.1. The number of carbonyl (C=O) groups is 1. The van der Waals surface area contributed by atoms with Gasteiger partial charge in [0.2, 0.25) is 0 Å². The second-order valence-corrected chi connectivity index (χ2v) is 5.21. The Bertz CT molecular complexity index is 520. The molecule has 0 amide bonds. The van der Waals surface area contributed by atoms with Crippen LogP contribution in [0, 0.1) is 0 Å². The van der Waals surface area contributed by atoms with Gasteiger partial charge < -0.3 is 10.5 Å². The third-order valence-corrected chi connectivity index (χ3v) is 3.70. The quantitative estimate of drug-likeness (QED) is 0.822. The lowest BCUT2D eigenvalue weighted by atomic mass is 10.0. The molecule has 1 unspecified atom stereocenters. The van der Waals surface area contributed by atoms with Crippen molar-refractivity contribution in [1.82, 2.24) is 0 Å². The Kier molecular flexibility index (Phi) is 4.71. The van der Waals surface area contributed by atoms with Crippen LogP contribution in [0.5, 0.6) is 5.75 Å². The lowest BCUT2D eigenvalue weighted by molar-refractivity contribution is 0.0962. The molecule has 0 aliphatic carbocycles. The van der Waals surface area contributed by atoms with Gasteiger partial charge in [0.05, 0.1) is 6.61 Å². The number of rotatable bonds is 6. The van der Waals surface area contributed by atoms with Gasteiger partial charge in [0.25, 0.3) is 0 Å². The standard InChI is InChI=1S/C15H17NO2S/c1-2-9-18-12-7-5-11(6-8-12)15(17)14(16)13-4-3-10-19-13/h3-8,10,14H,2,9,16H2,1H3. The first-order chi connectivity index (χ1) is 9.22. The summed E-state index contributed by atoms with van der Waals surface area (Å²) >= 11 is 1.50. The van der Waals surface area contributed by atoms with Crippen molar-refractivity contribution in [2.24, 2.45) is 5.73 Å². The number of Topliss-reactive ketones (excluding diaryl/α,β-unsaturated/α-hetero) is 1. The number of hydrogen-bond acceptors (Lipinski definition) is 4. The normalized spacial score (nSPS) is 12.1. The Balaban J connectivity index is 2.07. The lowest BCUT2D eigenvalue weighted by Gasteiger charge is -2.09. The summed E-state index contributed by atoms with van der Waals surface area (Å²) in [6, 6.07) is 10.3. The average Bonchev–Trinajstić information content (AvgIpc) is 2.98. The summed E-state index contributed by atoms with van der Waals surface area (Å²) in [5, 5.41) is 1.92. The van der Waals surface area contributed by atoms with Gasteiger partial charge in [-0.25, -0.2) is 0 Å². The molecule has 2 aromatic rings. The van der Waals surface area contributed by atoms with Gasteiger partial charge >= 0.3 is 0 Å². The number of ketones is 1. The van der Waals surface area contributed by atoms with Gasteiger partial charge in [-0.05, 0) is 42.1 Å². The molecular formula is C15H17NO2S. The van der Waals surface area contributed by atoms with Crippen LogP contribution in [0.25, 0.3) is 0 Å². The van der Waals surface area contributed by atoms with Crippen LogP contribution in [0.2, 0.25) is 0 Å². The third kappa shape index (κ3) is 3.43. The maximum absolute atomic E-state index is 12.2. The molecule has 3 nitrogen and oxygen atoms in total. The monoisotopic (exact) mass is 275 g/mol. The number of nitrogens with two attached hydrogens (primary N) is 1. The maximum atomic E-state index is 12.2. The summed E-state index contributed by atoms with van der Waals surface area (Å²) in [5.74, 6) is 0.715. The van der Waals surface area contributed by atoms with Crippen LogP contribution in [-0.4, -0.2) is 12.4 Å². The molecule has 1 aromatic heterocycles. The van der Waals surface area contributed by atoms with Gasteiger partial charge in [-0.2, -0.15) is 0 Å². The Morgan fingerprint density at radius 3 is 2.63 bits per heavy atom. The summed E-state index contributed by atoms with van der Waals surface area (Å²) in [5.41, 5.74) is 6.58. The highest BCUT2D eigenvalue weighted by Gasteiger charge is 2.18. The Labute approximate surface area is 117 Å². The fourth-order valence-electron chi connectivity index (χ4n) is 1.71. The van der Waals surface area contributed by atoms with Crippen LogP contribution in [-0.2, 0) is 0 Å². The van der Waals surface area contributed by atoms with Crippen LogP contribution in [0.4, 0.5) is 0 Å². The number of thiophene rings is 1. The van der Waals surface area contributed by atoms with Crippen molar-refractivity contribution < 1.29 is 9.53 Å². The van der Waals surface area contributed by atoms with Crippen molar-refractivity contribution in [3.8, 4) is 5.75 Å². The highest BCUT2D eigenvalue weighted by molar-refractivity contribution is 7.10. The second kappa shape index (κ2) is 6.50. The molecule has 0 fully saturated rings. The van der Waals surface area contributed by atoms with Gasteiger partial charge in [-0.15, -0.1) is 11.3 Å². The Hall–Kier alpha value is -1.65. The van der Waals surface area contributed by atoms with E-state index in [-0.39, 0.29) is 5.78 Å². The van der Waals surface area contributed by atoms with E-state index < -0.39 is 6.04 Å². The van der Waals surface area contributed by atoms with E-state index in [1.165, 1.54) is 11.3 Å². The average molecular weight is 275 g/mol. The maximum Gasteiger partial charge on any atom is 0.184 e. The summed E-state index contributed by atoms with van der Waals surface area (Å²) in [6.45, 7) is 2.74. The number of carbonyl (C=O) groups excluding carboxylic acids is 1. The minimum absolute atomic E-state index is 0.0653. The van der Waals surface area contributed by atoms with Crippen LogP contribution in [0.15, 0.2) is 41.8 Å². The van der Waals surface area contributed by atoms with E-state index in [2.05, 4.69) is 6.92 Å².